The summed E-state index contributed by atoms with van der Waals surface area (Å²) in [4.78, 5) is 21.5. The van der Waals surface area contributed by atoms with E-state index in [0.717, 1.165) is 45.1 Å². The summed E-state index contributed by atoms with van der Waals surface area (Å²) in [5.41, 5.74) is 2.79. The quantitative estimate of drug-likeness (QED) is 0.760. The van der Waals surface area contributed by atoms with Crippen LogP contribution in [0.25, 0.3) is 0 Å². The molecule has 1 aliphatic rings. The van der Waals surface area contributed by atoms with E-state index in [2.05, 4.69) is 46.1 Å². The Hall–Kier alpha value is -2.44. The van der Waals surface area contributed by atoms with Crippen LogP contribution in [-0.2, 0) is 11.3 Å². The van der Waals surface area contributed by atoms with Gasteiger partial charge in [0.05, 0.1) is 30.7 Å². The predicted molar refractivity (Wildman–Crippen MR) is 112 cm³/mol. The first kappa shape index (κ1) is 20.3. The molecule has 0 saturated carbocycles. The maximum absolute atomic E-state index is 12.6. The largest absolute Gasteiger partial charge is 0.379 e. The number of nitrogens with zero attached hydrogens (tertiary/aromatic N) is 3. The Bertz CT molecular complexity index is 745. The molecule has 1 aromatic carbocycles. The lowest BCUT2D eigenvalue weighted by molar-refractivity contribution is 0.0383. The van der Waals surface area contributed by atoms with Gasteiger partial charge in [0.15, 0.2) is 0 Å². The van der Waals surface area contributed by atoms with E-state index in [1.807, 2.05) is 30.5 Å². The highest BCUT2D eigenvalue weighted by molar-refractivity contribution is 5.94. The molecular formula is C22H30N4O2. The van der Waals surface area contributed by atoms with E-state index in [0.29, 0.717) is 18.2 Å². The number of carbonyl (C=O) groups is 1. The maximum atomic E-state index is 12.6. The molecule has 150 valence electrons. The van der Waals surface area contributed by atoms with Crippen molar-refractivity contribution in [3.05, 3.63) is 59.9 Å². The molecule has 6 nitrogen and oxygen atoms in total. The maximum Gasteiger partial charge on any atom is 0.252 e. The smallest absolute Gasteiger partial charge is 0.252 e. The number of benzene rings is 1. The molecule has 2 aromatic rings. The van der Waals surface area contributed by atoms with Crippen LogP contribution in [-0.4, -0.2) is 61.2 Å². The third kappa shape index (κ3) is 5.78. The van der Waals surface area contributed by atoms with Crippen LogP contribution in [0.5, 0.6) is 0 Å². The van der Waals surface area contributed by atoms with Gasteiger partial charge in [0.1, 0.15) is 0 Å². The first-order chi connectivity index (χ1) is 13.6. The molecule has 0 aliphatic carbocycles. The minimum absolute atomic E-state index is 0.0778. The summed E-state index contributed by atoms with van der Waals surface area (Å²) in [7, 11) is 0. The number of amides is 1. The van der Waals surface area contributed by atoms with Gasteiger partial charge in [-0.3, -0.25) is 14.7 Å². The summed E-state index contributed by atoms with van der Waals surface area (Å²) in [5, 5.41) is 3.01. The molecule has 1 fully saturated rings. The number of morpholine rings is 1. The summed E-state index contributed by atoms with van der Waals surface area (Å²) >= 11 is 0. The van der Waals surface area contributed by atoms with Crippen LogP contribution in [0.15, 0.2) is 48.8 Å². The molecule has 1 aromatic heterocycles. The molecule has 3 rings (SSSR count). The SMILES string of the molecule is CC(C)N(Cc1ccccc1)c1cncc(C(=O)NCCN2CCOCC2)c1. The van der Waals surface area contributed by atoms with Crippen molar-refractivity contribution in [3.63, 3.8) is 0 Å². The van der Waals surface area contributed by atoms with Crippen molar-refractivity contribution in [2.24, 2.45) is 0 Å². The molecule has 1 aliphatic heterocycles. The second kappa shape index (κ2) is 10.2. The highest BCUT2D eigenvalue weighted by Crippen LogP contribution is 2.20. The van der Waals surface area contributed by atoms with Gasteiger partial charge in [-0.25, -0.2) is 0 Å². The molecule has 0 atom stereocenters. The molecule has 0 spiro atoms. The third-order valence-electron chi connectivity index (χ3n) is 4.95. The van der Waals surface area contributed by atoms with Crippen LogP contribution >= 0.6 is 0 Å². The molecule has 28 heavy (non-hydrogen) atoms. The lowest BCUT2D eigenvalue weighted by Gasteiger charge is -2.29. The fourth-order valence-corrected chi connectivity index (χ4v) is 3.32. The molecule has 1 amide bonds. The number of rotatable bonds is 8. The van der Waals surface area contributed by atoms with E-state index >= 15 is 0 Å². The van der Waals surface area contributed by atoms with Gasteiger partial charge in [0, 0.05) is 45.0 Å². The number of hydrogen-bond donors (Lipinski definition) is 1. The number of ether oxygens (including phenoxy) is 1. The first-order valence-electron chi connectivity index (χ1n) is 9.97. The number of hydrogen-bond acceptors (Lipinski definition) is 5. The van der Waals surface area contributed by atoms with Crippen molar-refractivity contribution in [1.29, 1.82) is 0 Å². The van der Waals surface area contributed by atoms with Gasteiger partial charge in [-0.05, 0) is 25.5 Å². The van der Waals surface area contributed by atoms with Crippen molar-refractivity contribution in [2.45, 2.75) is 26.4 Å². The Morgan fingerprint density at radius 3 is 2.68 bits per heavy atom. The Kier molecular flexibility index (Phi) is 7.39. The topological polar surface area (TPSA) is 57.7 Å². The fraction of sp³-hybridized carbons (Fsp3) is 0.455. The van der Waals surface area contributed by atoms with Crippen LogP contribution in [0.3, 0.4) is 0 Å². The average molecular weight is 383 g/mol. The number of nitrogens with one attached hydrogen (secondary N) is 1. The van der Waals surface area contributed by atoms with Crippen molar-refractivity contribution in [1.82, 2.24) is 15.2 Å². The van der Waals surface area contributed by atoms with Gasteiger partial charge >= 0.3 is 0 Å². The molecular weight excluding hydrogens is 352 g/mol. The van der Waals surface area contributed by atoms with E-state index in [1.54, 1.807) is 6.20 Å². The zero-order valence-corrected chi connectivity index (χ0v) is 16.8. The highest BCUT2D eigenvalue weighted by atomic mass is 16.5. The van der Waals surface area contributed by atoms with E-state index in [1.165, 1.54) is 5.56 Å². The van der Waals surface area contributed by atoms with Crippen LogP contribution in [0.4, 0.5) is 5.69 Å². The number of pyridine rings is 1. The summed E-state index contributed by atoms with van der Waals surface area (Å²) < 4.78 is 5.35. The van der Waals surface area contributed by atoms with Crippen LogP contribution in [0.1, 0.15) is 29.8 Å². The van der Waals surface area contributed by atoms with Crippen molar-refractivity contribution >= 4 is 11.6 Å². The van der Waals surface area contributed by atoms with Gasteiger partial charge in [-0.2, -0.15) is 0 Å². The Morgan fingerprint density at radius 2 is 1.96 bits per heavy atom. The summed E-state index contributed by atoms with van der Waals surface area (Å²) in [6.45, 7) is 9.94. The minimum Gasteiger partial charge on any atom is -0.379 e. The standard InChI is InChI=1S/C22H30N4O2/c1-18(2)26(17-19-6-4-3-5-7-19)21-14-20(15-23-16-21)22(27)24-8-9-25-10-12-28-13-11-25/h3-7,14-16,18H,8-13,17H2,1-2H3,(H,24,27). The van der Waals surface area contributed by atoms with E-state index < -0.39 is 0 Å². The van der Waals surface area contributed by atoms with E-state index in [9.17, 15) is 4.79 Å². The van der Waals surface area contributed by atoms with Crippen molar-refractivity contribution < 1.29 is 9.53 Å². The summed E-state index contributed by atoms with van der Waals surface area (Å²) in [5.74, 6) is -0.0778. The first-order valence-corrected chi connectivity index (χ1v) is 9.97. The monoisotopic (exact) mass is 382 g/mol. The van der Waals surface area contributed by atoms with Gasteiger partial charge in [0.2, 0.25) is 0 Å². The zero-order chi connectivity index (χ0) is 19.8. The van der Waals surface area contributed by atoms with E-state index in [-0.39, 0.29) is 5.91 Å². The Balaban J connectivity index is 1.61. The van der Waals surface area contributed by atoms with Gasteiger partial charge in [-0.15, -0.1) is 0 Å². The molecule has 2 heterocycles. The minimum atomic E-state index is -0.0778. The van der Waals surface area contributed by atoms with Gasteiger partial charge in [0.25, 0.3) is 5.91 Å². The number of carbonyl (C=O) groups excluding carboxylic acids is 1. The second-order valence-electron chi connectivity index (χ2n) is 7.35. The predicted octanol–water partition coefficient (Wildman–Crippen LogP) is 2.56. The third-order valence-corrected chi connectivity index (χ3v) is 4.95. The molecule has 0 bridgehead atoms. The molecule has 6 heteroatoms. The Morgan fingerprint density at radius 1 is 1.21 bits per heavy atom. The lowest BCUT2D eigenvalue weighted by atomic mass is 10.1. The zero-order valence-electron chi connectivity index (χ0n) is 16.8. The summed E-state index contributed by atoms with van der Waals surface area (Å²) in [6, 6.07) is 12.6. The van der Waals surface area contributed by atoms with Crippen molar-refractivity contribution in [3.8, 4) is 0 Å². The Labute approximate surface area is 167 Å². The van der Waals surface area contributed by atoms with Crippen LogP contribution < -0.4 is 10.2 Å². The van der Waals surface area contributed by atoms with Crippen LogP contribution in [0, 0.1) is 0 Å². The molecule has 0 unspecified atom stereocenters. The number of anilines is 1. The van der Waals surface area contributed by atoms with Gasteiger partial charge < -0.3 is 15.0 Å². The lowest BCUT2D eigenvalue weighted by Crippen LogP contribution is -2.41. The fourth-order valence-electron chi connectivity index (χ4n) is 3.32. The molecule has 0 radical (unpaired) electrons. The van der Waals surface area contributed by atoms with Crippen LogP contribution in [0.2, 0.25) is 0 Å². The van der Waals surface area contributed by atoms with E-state index in [4.69, 9.17) is 4.74 Å². The van der Waals surface area contributed by atoms with Crippen molar-refractivity contribution in [2.75, 3.05) is 44.3 Å². The number of aromatic nitrogens is 1. The average Bonchev–Trinajstić information content (AvgIpc) is 2.73. The molecule has 1 saturated heterocycles. The molecule has 1 N–H and O–H groups in total. The highest BCUT2D eigenvalue weighted by Gasteiger charge is 2.15. The van der Waals surface area contributed by atoms with Gasteiger partial charge in [-0.1, -0.05) is 30.3 Å². The second-order valence-corrected chi connectivity index (χ2v) is 7.35. The summed E-state index contributed by atoms with van der Waals surface area (Å²) in [6.07, 6.45) is 3.46. The normalized spacial score (nSPS) is 14.8.